The van der Waals surface area contributed by atoms with E-state index in [9.17, 15) is 0 Å². The van der Waals surface area contributed by atoms with Gasteiger partial charge in [0.2, 0.25) is 0 Å². The Hall–Kier alpha value is -0.320. The Morgan fingerprint density at radius 1 is 0.846 bits per heavy atom. The van der Waals surface area contributed by atoms with Crippen molar-refractivity contribution >= 4 is 0 Å². The van der Waals surface area contributed by atoms with E-state index in [0.717, 1.165) is 0 Å². The van der Waals surface area contributed by atoms with Crippen molar-refractivity contribution in [2.45, 2.75) is 26.9 Å². The number of hydrogen-bond donors (Lipinski definition) is 1. The largest absolute Gasteiger partial charge is 0.219 e. The normalized spacial score (nSPS) is 13.6. The fourth-order valence-corrected chi connectivity index (χ4v) is 0.236. The second-order valence-corrected chi connectivity index (χ2v) is 2.46. The topological polar surface area (TPSA) is 84.8 Å². The van der Waals surface area contributed by atoms with Gasteiger partial charge in [0.05, 0.1) is 6.10 Å². The molecule has 0 saturated heterocycles. The van der Waals surface area contributed by atoms with E-state index >= 15 is 0 Å². The summed E-state index contributed by atoms with van der Waals surface area (Å²) in [5.74, 6) is 0.251. The first-order chi connectivity index (χ1) is 6.18. The molecule has 0 aromatic rings. The van der Waals surface area contributed by atoms with E-state index in [0.29, 0.717) is 0 Å². The highest BCUT2D eigenvalue weighted by atomic mass is 17.9. The molecule has 0 saturated carbocycles. The summed E-state index contributed by atoms with van der Waals surface area (Å²) < 4.78 is 0. The van der Waals surface area contributed by atoms with Crippen molar-refractivity contribution in [2.75, 3.05) is 0 Å². The van der Waals surface area contributed by atoms with Crippen LogP contribution < -0.4 is 0 Å². The van der Waals surface area contributed by atoms with Gasteiger partial charge in [-0.05, 0) is 43.1 Å². The molecule has 0 aliphatic rings. The first-order valence-electron chi connectivity index (χ1n) is 3.48. The molecule has 0 radical (unpaired) electrons. The fourth-order valence-electron chi connectivity index (χ4n) is 0.236. The zero-order valence-electron chi connectivity index (χ0n) is 7.46. The molecule has 0 heterocycles. The van der Waals surface area contributed by atoms with Crippen molar-refractivity contribution in [3.8, 4) is 0 Å². The maximum absolute atomic E-state index is 7.53. The van der Waals surface area contributed by atoms with Crippen LogP contribution in [0.5, 0.6) is 0 Å². The Kier molecular flexibility index (Phi) is 8.08. The van der Waals surface area contributed by atoms with Gasteiger partial charge in [0.25, 0.3) is 0 Å². The lowest BCUT2D eigenvalue weighted by Crippen LogP contribution is -2.16. The molecule has 0 bridgehead atoms. The van der Waals surface area contributed by atoms with E-state index in [2.05, 4.69) is 35.1 Å². The van der Waals surface area contributed by atoms with E-state index < -0.39 is 0 Å². The van der Waals surface area contributed by atoms with Gasteiger partial charge >= 0.3 is 0 Å². The molecule has 0 rings (SSSR count). The Morgan fingerprint density at radius 3 is 1.92 bits per heavy atom. The molecule has 80 valence electrons. The highest BCUT2D eigenvalue weighted by Gasteiger charge is 2.08. The van der Waals surface area contributed by atoms with Gasteiger partial charge in [-0.3, -0.25) is 0 Å². The molecule has 0 aliphatic carbocycles. The van der Waals surface area contributed by atoms with Crippen LogP contribution in [0, 0.1) is 5.92 Å². The lowest BCUT2D eigenvalue weighted by Gasteiger charge is -2.11. The maximum Gasteiger partial charge on any atom is 0.0957 e. The summed E-state index contributed by atoms with van der Waals surface area (Å²) in [7, 11) is 0. The number of hydrogen-bond acceptors (Lipinski definition) is 8. The zero-order chi connectivity index (χ0) is 10.1. The third-order valence-electron chi connectivity index (χ3n) is 1.27. The summed E-state index contributed by atoms with van der Waals surface area (Å²) in [6, 6.07) is 0. The van der Waals surface area contributed by atoms with E-state index in [1.54, 1.807) is 6.92 Å². The summed E-state index contributed by atoms with van der Waals surface area (Å²) in [4.78, 5) is 4.60. The van der Waals surface area contributed by atoms with E-state index in [-0.39, 0.29) is 12.0 Å². The third-order valence-corrected chi connectivity index (χ3v) is 1.27. The van der Waals surface area contributed by atoms with Crippen LogP contribution in [0.2, 0.25) is 0 Å². The van der Waals surface area contributed by atoms with Gasteiger partial charge in [0.15, 0.2) is 0 Å². The van der Waals surface area contributed by atoms with Gasteiger partial charge in [0, 0.05) is 0 Å². The zero-order valence-corrected chi connectivity index (χ0v) is 7.46. The van der Waals surface area contributed by atoms with Gasteiger partial charge < -0.3 is 0 Å². The first-order valence-corrected chi connectivity index (χ1v) is 3.48. The second kappa shape index (κ2) is 8.29. The summed E-state index contributed by atoms with van der Waals surface area (Å²) in [6.07, 6.45) is -0.182. The molecule has 8 heteroatoms. The van der Waals surface area contributed by atoms with Gasteiger partial charge in [-0.15, -0.1) is 0 Å². The molecule has 0 amide bonds. The van der Waals surface area contributed by atoms with Gasteiger partial charge in [-0.25, -0.2) is 10.1 Å². The van der Waals surface area contributed by atoms with E-state index in [1.807, 2.05) is 13.8 Å². The molecule has 0 aliphatic heterocycles. The summed E-state index contributed by atoms with van der Waals surface area (Å²) in [6.45, 7) is 5.62. The van der Waals surface area contributed by atoms with Crippen molar-refractivity contribution in [1.29, 1.82) is 0 Å². The monoisotopic (exact) mass is 200 g/mol. The van der Waals surface area contributed by atoms with Crippen molar-refractivity contribution < 1.29 is 40.4 Å². The van der Waals surface area contributed by atoms with Gasteiger partial charge in [0.1, 0.15) is 0 Å². The van der Waals surface area contributed by atoms with Crippen LogP contribution in [0.1, 0.15) is 20.8 Å². The van der Waals surface area contributed by atoms with E-state index in [4.69, 9.17) is 5.26 Å². The molecule has 0 aromatic carbocycles. The molecule has 0 spiro atoms. The van der Waals surface area contributed by atoms with Crippen LogP contribution in [0.3, 0.4) is 0 Å². The number of rotatable bonds is 8. The average Bonchev–Trinajstić information content (AvgIpc) is 2.10. The SMILES string of the molecule is CC(C)C(C)OOOOOOOO. The smallest absolute Gasteiger partial charge is 0.0957 e. The molecule has 1 N–H and O–H groups in total. The lowest BCUT2D eigenvalue weighted by molar-refractivity contribution is -0.813. The van der Waals surface area contributed by atoms with Crippen molar-refractivity contribution in [1.82, 2.24) is 0 Å². The Balaban J connectivity index is 3.07. The van der Waals surface area contributed by atoms with Crippen molar-refractivity contribution in [3.05, 3.63) is 0 Å². The molecule has 0 aromatic heterocycles. The van der Waals surface area contributed by atoms with Crippen molar-refractivity contribution in [2.24, 2.45) is 5.92 Å². The van der Waals surface area contributed by atoms with Crippen LogP contribution in [-0.4, -0.2) is 11.4 Å². The summed E-state index contributed by atoms with van der Waals surface area (Å²) >= 11 is 0. The molecule has 1 atom stereocenters. The maximum atomic E-state index is 7.53. The minimum atomic E-state index is -0.182. The highest BCUT2D eigenvalue weighted by Crippen LogP contribution is 2.05. The first kappa shape index (κ1) is 12.7. The van der Waals surface area contributed by atoms with E-state index in [1.165, 1.54) is 0 Å². The van der Waals surface area contributed by atoms with Crippen LogP contribution in [0.15, 0.2) is 0 Å². The quantitative estimate of drug-likeness (QED) is 0.354. The van der Waals surface area contributed by atoms with Gasteiger partial charge in [-0.1, -0.05) is 13.8 Å². The minimum absolute atomic E-state index is 0.182. The summed E-state index contributed by atoms with van der Waals surface area (Å²) in [5.41, 5.74) is 0. The Morgan fingerprint density at radius 2 is 1.38 bits per heavy atom. The molecular formula is C5H12O8. The van der Waals surface area contributed by atoms with Crippen LogP contribution in [0.25, 0.3) is 0 Å². The van der Waals surface area contributed by atoms with Crippen LogP contribution in [-0.2, 0) is 35.1 Å². The molecular weight excluding hydrogens is 188 g/mol. The molecule has 8 nitrogen and oxygen atoms in total. The van der Waals surface area contributed by atoms with Crippen LogP contribution >= 0.6 is 0 Å². The minimum Gasteiger partial charge on any atom is -0.219 e. The van der Waals surface area contributed by atoms with Gasteiger partial charge in [-0.2, -0.15) is 0 Å². The molecule has 13 heavy (non-hydrogen) atoms. The third kappa shape index (κ3) is 8.02. The predicted octanol–water partition coefficient (Wildman–Crippen LogP) is 1.11. The Labute approximate surface area is 74.3 Å². The standard InChI is InChI=1S/C5H12O8/c1-4(2)5(3)7-9-11-13-12-10-8-6/h4-6H,1-3H3. The molecule has 1 unspecified atom stereocenters. The summed E-state index contributed by atoms with van der Waals surface area (Å²) in [5, 5.41) is 28.9. The predicted molar refractivity (Wildman–Crippen MR) is 34.5 cm³/mol. The second-order valence-electron chi connectivity index (χ2n) is 2.46. The Bertz CT molecular complexity index is 107. The van der Waals surface area contributed by atoms with Crippen molar-refractivity contribution in [3.63, 3.8) is 0 Å². The molecule has 0 fully saturated rings. The fraction of sp³-hybridized carbons (Fsp3) is 1.00. The highest BCUT2D eigenvalue weighted by molar-refractivity contribution is 4.50. The lowest BCUT2D eigenvalue weighted by atomic mass is 10.1. The van der Waals surface area contributed by atoms with Crippen LogP contribution in [0.4, 0.5) is 0 Å². The average molecular weight is 200 g/mol.